The highest BCUT2D eigenvalue weighted by atomic mass is 16.5. The Morgan fingerprint density at radius 2 is 1.74 bits per heavy atom. The molecule has 1 saturated heterocycles. The standard InChI is InChI=1S/C32H36N2O5/c1-21(2)39-27-15-14-25(18-22(27)3)30(35)28-29(34(17-16-33(4)5)32(37)31(28)36)24-12-9-13-26(19-24)38-20-23-10-7-6-8-11-23/h6-15,18-19,21,29,35H,16-17,20H2,1-5H3/b30-28+. The second-order valence-electron chi connectivity index (χ2n) is 10.3. The van der Waals surface area contributed by atoms with E-state index in [2.05, 4.69) is 0 Å². The first-order valence-corrected chi connectivity index (χ1v) is 13.1. The summed E-state index contributed by atoms with van der Waals surface area (Å²) in [6.45, 7) is 7.05. The normalized spacial score (nSPS) is 16.8. The summed E-state index contributed by atoms with van der Waals surface area (Å²) in [5, 5.41) is 11.5. The Hall–Kier alpha value is -4.10. The lowest BCUT2D eigenvalue weighted by Gasteiger charge is -2.27. The molecule has 3 aromatic rings. The zero-order valence-corrected chi connectivity index (χ0v) is 23.2. The van der Waals surface area contributed by atoms with E-state index in [1.165, 1.54) is 4.90 Å². The smallest absolute Gasteiger partial charge is 0.295 e. The Labute approximate surface area is 230 Å². The van der Waals surface area contributed by atoms with Gasteiger partial charge in [0, 0.05) is 18.7 Å². The van der Waals surface area contributed by atoms with Crippen molar-refractivity contribution < 1.29 is 24.2 Å². The molecule has 1 amide bonds. The number of carbonyl (C=O) groups is 2. The van der Waals surface area contributed by atoms with Crippen molar-refractivity contribution >= 4 is 17.4 Å². The third-order valence-corrected chi connectivity index (χ3v) is 6.56. The lowest BCUT2D eigenvalue weighted by molar-refractivity contribution is -0.140. The molecule has 0 aromatic heterocycles. The Morgan fingerprint density at radius 3 is 2.41 bits per heavy atom. The molecule has 0 radical (unpaired) electrons. The molecular formula is C32H36N2O5. The number of rotatable bonds is 10. The Morgan fingerprint density at radius 1 is 1.00 bits per heavy atom. The number of nitrogens with zero attached hydrogens (tertiary/aromatic N) is 2. The van der Waals surface area contributed by atoms with Crippen LogP contribution >= 0.6 is 0 Å². The molecule has 1 unspecified atom stereocenters. The summed E-state index contributed by atoms with van der Waals surface area (Å²) >= 11 is 0. The van der Waals surface area contributed by atoms with Crippen molar-refractivity contribution in [1.29, 1.82) is 0 Å². The Kier molecular flexibility index (Phi) is 8.72. The van der Waals surface area contributed by atoms with Gasteiger partial charge in [-0.25, -0.2) is 0 Å². The molecule has 0 saturated carbocycles. The lowest BCUT2D eigenvalue weighted by atomic mass is 9.94. The second-order valence-corrected chi connectivity index (χ2v) is 10.3. The highest BCUT2D eigenvalue weighted by Crippen LogP contribution is 2.40. The molecule has 0 aliphatic carbocycles. The molecule has 1 aliphatic rings. The fraction of sp³-hybridized carbons (Fsp3) is 0.312. The zero-order chi connectivity index (χ0) is 28.1. The van der Waals surface area contributed by atoms with Gasteiger partial charge in [0.05, 0.1) is 17.7 Å². The number of carbonyl (C=O) groups excluding carboxylic acids is 2. The number of hydrogen-bond acceptors (Lipinski definition) is 6. The molecule has 1 atom stereocenters. The fourth-order valence-electron chi connectivity index (χ4n) is 4.62. The minimum Gasteiger partial charge on any atom is -0.507 e. The number of amides is 1. The van der Waals surface area contributed by atoms with Crippen molar-refractivity contribution in [2.45, 2.75) is 39.5 Å². The van der Waals surface area contributed by atoms with E-state index >= 15 is 0 Å². The number of ether oxygens (including phenoxy) is 2. The number of aliphatic hydroxyl groups is 1. The maximum Gasteiger partial charge on any atom is 0.295 e. The SMILES string of the molecule is Cc1cc(/C(O)=C2\C(=O)C(=O)N(CCN(C)C)C2c2cccc(OCc3ccccc3)c2)ccc1OC(C)C. The lowest BCUT2D eigenvalue weighted by Crippen LogP contribution is -2.35. The van der Waals surface area contributed by atoms with Gasteiger partial charge in [-0.15, -0.1) is 0 Å². The van der Waals surface area contributed by atoms with Gasteiger partial charge in [-0.05, 0) is 81.9 Å². The third kappa shape index (κ3) is 6.49. The molecule has 1 N–H and O–H groups in total. The molecule has 7 heteroatoms. The predicted molar refractivity (Wildman–Crippen MR) is 152 cm³/mol. The molecule has 1 heterocycles. The zero-order valence-electron chi connectivity index (χ0n) is 23.2. The van der Waals surface area contributed by atoms with Crippen molar-refractivity contribution in [2.24, 2.45) is 0 Å². The number of likely N-dealkylation sites (N-methyl/N-ethyl adjacent to an activating group) is 1. The summed E-state index contributed by atoms with van der Waals surface area (Å²) in [5.41, 5.74) is 3.06. The van der Waals surface area contributed by atoms with Gasteiger partial charge in [0.15, 0.2) is 0 Å². The number of hydrogen-bond donors (Lipinski definition) is 1. The number of likely N-dealkylation sites (tertiary alicyclic amines) is 1. The number of aryl methyl sites for hydroxylation is 1. The van der Waals surface area contributed by atoms with Crippen LogP contribution in [-0.2, 0) is 16.2 Å². The van der Waals surface area contributed by atoms with E-state index in [1.807, 2.05) is 94.4 Å². The van der Waals surface area contributed by atoms with Gasteiger partial charge in [0.1, 0.15) is 23.9 Å². The van der Waals surface area contributed by atoms with Crippen LogP contribution in [0.3, 0.4) is 0 Å². The molecule has 3 aromatic carbocycles. The van der Waals surface area contributed by atoms with Gasteiger partial charge in [-0.3, -0.25) is 9.59 Å². The predicted octanol–water partition coefficient (Wildman–Crippen LogP) is 5.34. The van der Waals surface area contributed by atoms with E-state index in [0.717, 1.165) is 11.1 Å². The van der Waals surface area contributed by atoms with Crippen LogP contribution in [0.4, 0.5) is 0 Å². The molecule has 0 spiro atoms. The van der Waals surface area contributed by atoms with Gasteiger partial charge >= 0.3 is 0 Å². The first-order chi connectivity index (χ1) is 18.7. The molecule has 1 fully saturated rings. The van der Waals surface area contributed by atoms with Gasteiger partial charge in [-0.1, -0.05) is 42.5 Å². The Bertz CT molecular complexity index is 1360. The summed E-state index contributed by atoms with van der Waals surface area (Å²) in [6, 6.07) is 21.7. The van der Waals surface area contributed by atoms with E-state index in [0.29, 0.717) is 42.3 Å². The van der Waals surface area contributed by atoms with E-state index in [1.54, 1.807) is 18.2 Å². The van der Waals surface area contributed by atoms with Crippen LogP contribution in [0.1, 0.15) is 42.1 Å². The number of ketones is 1. The van der Waals surface area contributed by atoms with Crippen molar-refractivity contribution in [1.82, 2.24) is 9.80 Å². The summed E-state index contributed by atoms with van der Waals surface area (Å²) in [6.07, 6.45) is 0.00144. The van der Waals surface area contributed by atoms with Gasteiger partial charge in [0.2, 0.25) is 0 Å². The van der Waals surface area contributed by atoms with Gasteiger partial charge < -0.3 is 24.4 Å². The topological polar surface area (TPSA) is 79.3 Å². The first-order valence-electron chi connectivity index (χ1n) is 13.1. The highest BCUT2D eigenvalue weighted by Gasteiger charge is 2.46. The molecular weight excluding hydrogens is 492 g/mol. The summed E-state index contributed by atoms with van der Waals surface area (Å²) in [5.74, 6) is -0.226. The maximum absolute atomic E-state index is 13.4. The van der Waals surface area contributed by atoms with Crippen LogP contribution in [0.25, 0.3) is 5.76 Å². The quantitative estimate of drug-likeness (QED) is 0.217. The van der Waals surface area contributed by atoms with Crippen LogP contribution in [0.5, 0.6) is 11.5 Å². The van der Waals surface area contributed by atoms with Crippen molar-refractivity contribution in [3.63, 3.8) is 0 Å². The van der Waals surface area contributed by atoms with Crippen molar-refractivity contribution in [2.75, 3.05) is 27.2 Å². The Balaban J connectivity index is 1.74. The molecule has 7 nitrogen and oxygen atoms in total. The minimum atomic E-state index is -0.753. The van der Waals surface area contributed by atoms with Crippen LogP contribution in [0, 0.1) is 6.92 Å². The maximum atomic E-state index is 13.4. The monoisotopic (exact) mass is 528 g/mol. The minimum absolute atomic E-state index is 0.00144. The fourth-order valence-corrected chi connectivity index (χ4v) is 4.62. The molecule has 1 aliphatic heterocycles. The molecule has 204 valence electrons. The van der Waals surface area contributed by atoms with Crippen LogP contribution in [0.15, 0.2) is 78.4 Å². The van der Waals surface area contributed by atoms with E-state index in [9.17, 15) is 14.7 Å². The second kappa shape index (κ2) is 12.2. The molecule has 4 rings (SSSR count). The summed E-state index contributed by atoms with van der Waals surface area (Å²) in [4.78, 5) is 30.1. The van der Waals surface area contributed by atoms with E-state index in [-0.39, 0.29) is 17.4 Å². The summed E-state index contributed by atoms with van der Waals surface area (Å²) in [7, 11) is 3.82. The average molecular weight is 529 g/mol. The van der Waals surface area contributed by atoms with Crippen molar-refractivity contribution in [3.8, 4) is 11.5 Å². The van der Waals surface area contributed by atoms with Crippen LogP contribution in [-0.4, -0.2) is 59.9 Å². The van der Waals surface area contributed by atoms with E-state index in [4.69, 9.17) is 9.47 Å². The van der Waals surface area contributed by atoms with Crippen LogP contribution < -0.4 is 9.47 Å². The number of benzene rings is 3. The van der Waals surface area contributed by atoms with E-state index < -0.39 is 17.7 Å². The molecule has 0 bridgehead atoms. The summed E-state index contributed by atoms with van der Waals surface area (Å²) < 4.78 is 11.9. The molecule has 39 heavy (non-hydrogen) atoms. The van der Waals surface area contributed by atoms with Crippen LogP contribution in [0.2, 0.25) is 0 Å². The first kappa shape index (κ1) is 27.9. The van der Waals surface area contributed by atoms with Crippen molar-refractivity contribution in [3.05, 3.63) is 101 Å². The van der Waals surface area contributed by atoms with Gasteiger partial charge in [0.25, 0.3) is 11.7 Å². The highest BCUT2D eigenvalue weighted by molar-refractivity contribution is 6.46. The average Bonchev–Trinajstić information content (AvgIpc) is 3.17. The third-order valence-electron chi connectivity index (χ3n) is 6.56. The largest absolute Gasteiger partial charge is 0.507 e. The number of aliphatic hydroxyl groups excluding tert-OH is 1. The number of Topliss-reactive ketones (excluding diaryl/α,β-unsaturated/α-hetero) is 1. The van der Waals surface area contributed by atoms with Gasteiger partial charge in [-0.2, -0.15) is 0 Å².